The van der Waals surface area contributed by atoms with Crippen LogP contribution in [0.15, 0.2) is 39.9 Å². The van der Waals surface area contributed by atoms with Crippen molar-refractivity contribution in [3.05, 3.63) is 41.9 Å². The molecule has 1 saturated heterocycles. The van der Waals surface area contributed by atoms with E-state index < -0.39 is 0 Å². The number of rotatable bonds is 5. The summed E-state index contributed by atoms with van der Waals surface area (Å²) in [6.07, 6.45) is 3.41. The van der Waals surface area contributed by atoms with Crippen LogP contribution in [-0.4, -0.2) is 47.6 Å². The molecule has 3 rings (SSSR count). The van der Waals surface area contributed by atoms with Crippen molar-refractivity contribution in [2.75, 3.05) is 19.6 Å². The van der Waals surface area contributed by atoms with Gasteiger partial charge in [0.2, 0.25) is 5.89 Å². The number of aliphatic imine (C=N–C) groups is 1. The maximum absolute atomic E-state index is 11.2. The molecule has 158 valence electrons. The molecular weight excluding hydrogens is 483 g/mol. The predicted molar refractivity (Wildman–Crippen MR) is 124 cm³/mol. The highest BCUT2D eigenvalue weighted by Gasteiger charge is 2.21. The van der Waals surface area contributed by atoms with Gasteiger partial charge in [-0.05, 0) is 26.7 Å². The lowest BCUT2D eigenvalue weighted by Gasteiger charge is -2.32. The summed E-state index contributed by atoms with van der Waals surface area (Å²) in [6.45, 7) is 6.50. The van der Waals surface area contributed by atoms with Gasteiger partial charge < -0.3 is 25.7 Å². The minimum Gasteiger partial charge on any atom is -0.439 e. The van der Waals surface area contributed by atoms with E-state index in [0.29, 0.717) is 25.5 Å². The van der Waals surface area contributed by atoms with Gasteiger partial charge in [0.05, 0.1) is 6.20 Å². The van der Waals surface area contributed by atoms with Crippen LogP contribution in [0.2, 0.25) is 0 Å². The third-order valence-corrected chi connectivity index (χ3v) is 4.75. The van der Waals surface area contributed by atoms with Crippen LogP contribution < -0.4 is 16.4 Å². The molecule has 0 unspecified atom stereocenters. The van der Waals surface area contributed by atoms with Gasteiger partial charge in [-0.3, -0.25) is 0 Å². The largest absolute Gasteiger partial charge is 0.439 e. The Hall–Kier alpha value is -2.30. The number of carbonyl (C=O) groups excluding carboxylic acids is 1. The molecule has 8 nitrogen and oxygen atoms in total. The van der Waals surface area contributed by atoms with E-state index >= 15 is 0 Å². The molecule has 2 amide bonds. The number of piperidine rings is 1. The number of halogens is 1. The Labute approximate surface area is 188 Å². The van der Waals surface area contributed by atoms with E-state index in [2.05, 4.69) is 27.5 Å². The van der Waals surface area contributed by atoms with Crippen molar-refractivity contribution in [3.8, 4) is 11.3 Å². The van der Waals surface area contributed by atoms with Crippen LogP contribution in [0.3, 0.4) is 0 Å². The second-order valence-corrected chi connectivity index (χ2v) is 6.92. The molecule has 2 aromatic rings. The Kier molecular flexibility index (Phi) is 8.74. The summed E-state index contributed by atoms with van der Waals surface area (Å²) in [4.78, 5) is 21.8. The minimum atomic E-state index is -0.354. The summed E-state index contributed by atoms with van der Waals surface area (Å²) in [5, 5.41) is 6.67. The van der Waals surface area contributed by atoms with E-state index in [1.807, 2.05) is 31.2 Å². The molecule has 4 N–H and O–H groups in total. The highest BCUT2D eigenvalue weighted by molar-refractivity contribution is 14.0. The van der Waals surface area contributed by atoms with Crippen molar-refractivity contribution < 1.29 is 9.21 Å². The highest BCUT2D eigenvalue weighted by atomic mass is 127. The van der Waals surface area contributed by atoms with E-state index in [1.54, 1.807) is 11.1 Å². The van der Waals surface area contributed by atoms with Gasteiger partial charge in [0, 0.05) is 31.2 Å². The molecule has 0 aliphatic carbocycles. The Balaban J connectivity index is 0.00000300. The van der Waals surface area contributed by atoms with Crippen molar-refractivity contribution in [3.63, 3.8) is 0 Å². The number of hydrogen-bond donors (Lipinski definition) is 3. The quantitative estimate of drug-likeness (QED) is 0.325. The van der Waals surface area contributed by atoms with Gasteiger partial charge in [0.25, 0.3) is 0 Å². The number of oxazole rings is 1. The molecule has 1 fully saturated rings. The van der Waals surface area contributed by atoms with E-state index in [9.17, 15) is 4.79 Å². The maximum Gasteiger partial charge on any atom is 0.314 e. The summed E-state index contributed by atoms with van der Waals surface area (Å²) in [5.74, 6) is 2.02. The second-order valence-electron chi connectivity index (χ2n) is 6.92. The molecule has 0 saturated carbocycles. The Bertz CT molecular complexity index is 813. The molecule has 29 heavy (non-hydrogen) atoms. The predicted octanol–water partition coefficient (Wildman–Crippen LogP) is 2.87. The average Bonchev–Trinajstić information content (AvgIpc) is 3.16. The molecule has 0 atom stereocenters. The van der Waals surface area contributed by atoms with Crippen LogP contribution in [0.5, 0.6) is 0 Å². The molecule has 0 radical (unpaired) electrons. The fraction of sp³-hybridized carbons (Fsp3) is 0.450. The number of aromatic nitrogens is 1. The fourth-order valence-electron chi connectivity index (χ4n) is 3.14. The van der Waals surface area contributed by atoms with Gasteiger partial charge in [0.15, 0.2) is 11.7 Å². The van der Waals surface area contributed by atoms with Gasteiger partial charge in [-0.2, -0.15) is 0 Å². The van der Waals surface area contributed by atoms with Gasteiger partial charge in [-0.15, -0.1) is 24.0 Å². The molecule has 2 heterocycles. The number of benzene rings is 1. The first kappa shape index (κ1) is 23.0. The van der Waals surface area contributed by atoms with Gasteiger partial charge in [0.1, 0.15) is 6.54 Å². The smallest absolute Gasteiger partial charge is 0.314 e. The van der Waals surface area contributed by atoms with Crippen molar-refractivity contribution in [2.24, 2.45) is 10.7 Å². The average molecular weight is 512 g/mol. The van der Waals surface area contributed by atoms with E-state index in [1.165, 1.54) is 5.56 Å². The third-order valence-electron chi connectivity index (χ3n) is 4.75. The normalized spacial score (nSPS) is 15.0. The number of hydrogen-bond acceptors (Lipinski definition) is 4. The number of guanidine groups is 1. The molecule has 0 bridgehead atoms. The molecule has 9 heteroatoms. The van der Waals surface area contributed by atoms with Crippen LogP contribution in [0, 0.1) is 6.92 Å². The SMILES string of the molecule is CCNC(=NCc1ncc(-c2ccc(C)cc2)o1)NC1CCN(C(N)=O)CC1.I. The minimum absolute atomic E-state index is 0. The second kappa shape index (κ2) is 11.0. The Morgan fingerprint density at radius 3 is 2.62 bits per heavy atom. The number of likely N-dealkylation sites (tertiary alicyclic amines) is 1. The molecular formula is C20H29IN6O2. The fourth-order valence-corrected chi connectivity index (χ4v) is 3.14. The number of carbonyl (C=O) groups is 1. The van der Waals surface area contributed by atoms with Crippen LogP contribution >= 0.6 is 24.0 Å². The molecule has 1 aliphatic heterocycles. The number of urea groups is 1. The lowest BCUT2D eigenvalue weighted by atomic mass is 10.1. The number of nitrogens with zero attached hydrogens (tertiary/aromatic N) is 3. The zero-order chi connectivity index (χ0) is 19.9. The van der Waals surface area contributed by atoms with Crippen LogP contribution in [0.4, 0.5) is 4.79 Å². The third kappa shape index (κ3) is 6.62. The lowest BCUT2D eigenvalue weighted by Crippen LogP contribution is -2.50. The Morgan fingerprint density at radius 1 is 1.31 bits per heavy atom. The lowest BCUT2D eigenvalue weighted by molar-refractivity contribution is 0.188. The number of nitrogens with two attached hydrogens (primary N) is 1. The molecule has 1 aromatic heterocycles. The van der Waals surface area contributed by atoms with Crippen LogP contribution in [0.25, 0.3) is 11.3 Å². The number of nitrogens with one attached hydrogen (secondary N) is 2. The number of amides is 2. The summed E-state index contributed by atoms with van der Waals surface area (Å²) in [7, 11) is 0. The van der Waals surface area contributed by atoms with Gasteiger partial charge in [-0.1, -0.05) is 29.8 Å². The Morgan fingerprint density at radius 2 is 2.00 bits per heavy atom. The molecule has 1 aromatic carbocycles. The van der Waals surface area contributed by atoms with Crippen molar-refractivity contribution in [2.45, 2.75) is 39.3 Å². The first-order chi connectivity index (χ1) is 13.5. The molecule has 1 aliphatic rings. The zero-order valence-corrected chi connectivity index (χ0v) is 19.2. The maximum atomic E-state index is 11.2. The summed E-state index contributed by atoms with van der Waals surface area (Å²) in [6, 6.07) is 8.03. The summed E-state index contributed by atoms with van der Waals surface area (Å²) < 4.78 is 5.84. The van der Waals surface area contributed by atoms with Gasteiger partial charge in [-0.25, -0.2) is 14.8 Å². The van der Waals surface area contributed by atoms with Crippen LogP contribution in [0.1, 0.15) is 31.2 Å². The topological polar surface area (TPSA) is 109 Å². The van der Waals surface area contributed by atoms with E-state index in [4.69, 9.17) is 10.2 Å². The number of primary amides is 1. The van der Waals surface area contributed by atoms with E-state index in [-0.39, 0.29) is 36.0 Å². The van der Waals surface area contributed by atoms with Crippen molar-refractivity contribution >= 4 is 36.0 Å². The van der Waals surface area contributed by atoms with Crippen LogP contribution in [-0.2, 0) is 6.54 Å². The summed E-state index contributed by atoms with van der Waals surface area (Å²) in [5.41, 5.74) is 7.54. The van der Waals surface area contributed by atoms with Gasteiger partial charge >= 0.3 is 6.03 Å². The summed E-state index contributed by atoms with van der Waals surface area (Å²) >= 11 is 0. The standard InChI is InChI=1S/C20H28N6O2.HI/c1-3-22-20(25-16-8-10-26(11-9-16)19(21)27)24-13-18-23-12-17(28-18)15-6-4-14(2)5-7-15;/h4-7,12,16H,3,8-11,13H2,1-2H3,(H2,21,27)(H2,22,24,25);1H. The number of aryl methyl sites for hydroxylation is 1. The monoisotopic (exact) mass is 512 g/mol. The van der Waals surface area contributed by atoms with Crippen molar-refractivity contribution in [1.29, 1.82) is 0 Å². The first-order valence-electron chi connectivity index (χ1n) is 9.66. The molecule has 0 spiro atoms. The first-order valence-corrected chi connectivity index (χ1v) is 9.66. The zero-order valence-electron chi connectivity index (χ0n) is 16.9. The van der Waals surface area contributed by atoms with Crippen molar-refractivity contribution in [1.82, 2.24) is 20.5 Å². The highest BCUT2D eigenvalue weighted by Crippen LogP contribution is 2.21. The van der Waals surface area contributed by atoms with E-state index in [0.717, 1.165) is 36.7 Å².